The van der Waals surface area contributed by atoms with E-state index in [0.29, 0.717) is 18.1 Å². The lowest BCUT2D eigenvalue weighted by atomic mass is 10.2. The van der Waals surface area contributed by atoms with Gasteiger partial charge >= 0.3 is 0 Å². The SMILES string of the molecule is COc1ccc(CNC(=S)N(CC[NH+](C)C)[C@@H]2CCS(=O)(=O)C2)cc1. The fourth-order valence-corrected chi connectivity index (χ4v) is 4.88. The summed E-state index contributed by atoms with van der Waals surface area (Å²) in [5.74, 6) is 1.27. The molecule has 6 nitrogen and oxygen atoms in total. The number of methoxy groups -OCH3 is 1. The van der Waals surface area contributed by atoms with Crippen LogP contribution < -0.4 is 15.0 Å². The minimum absolute atomic E-state index is 0.0276. The van der Waals surface area contributed by atoms with Crippen LogP contribution in [0.5, 0.6) is 5.75 Å². The fraction of sp³-hybridized carbons (Fsp3) is 0.588. The minimum Gasteiger partial charge on any atom is -0.497 e. The third-order valence-corrected chi connectivity index (χ3v) is 6.49. The third-order valence-electron chi connectivity index (χ3n) is 4.37. The van der Waals surface area contributed by atoms with Gasteiger partial charge in [0.1, 0.15) is 5.75 Å². The molecule has 0 aliphatic carbocycles. The molecule has 1 atom stereocenters. The van der Waals surface area contributed by atoms with Crippen LogP contribution in [0, 0.1) is 0 Å². The van der Waals surface area contributed by atoms with Crippen LogP contribution in [-0.2, 0) is 16.4 Å². The highest BCUT2D eigenvalue weighted by Gasteiger charge is 2.33. The van der Waals surface area contributed by atoms with Crippen molar-refractivity contribution in [2.24, 2.45) is 0 Å². The van der Waals surface area contributed by atoms with E-state index in [-0.39, 0.29) is 17.5 Å². The normalized spacial score (nSPS) is 19.0. The van der Waals surface area contributed by atoms with E-state index in [0.717, 1.165) is 24.4 Å². The highest BCUT2D eigenvalue weighted by Crippen LogP contribution is 2.18. The summed E-state index contributed by atoms with van der Waals surface area (Å²) >= 11 is 5.57. The van der Waals surface area contributed by atoms with Crippen LogP contribution >= 0.6 is 12.2 Å². The maximum Gasteiger partial charge on any atom is 0.169 e. The topological polar surface area (TPSA) is 63.1 Å². The van der Waals surface area contributed by atoms with E-state index >= 15 is 0 Å². The largest absolute Gasteiger partial charge is 0.497 e. The van der Waals surface area contributed by atoms with Gasteiger partial charge in [0.15, 0.2) is 14.9 Å². The lowest BCUT2D eigenvalue weighted by Crippen LogP contribution is -3.06. The number of benzene rings is 1. The molecule has 1 fully saturated rings. The van der Waals surface area contributed by atoms with Gasteiger partial charge in [-0.25, -0.2) is 8.42 Å². The molecule has 2 rings (SSSR count). The van der Waals surface area contributed by atoms with Gasteiger partial charge < -0.3 is 19.9 Å². The number of nitrogens with zero attached hydrogens (tertiary/aromatic N) is 1. The highest BCUT2D eigenvalue weighted by atomic mass is 32.2. The molecule has 1 saturated heterocycles. The summed E-state index contributed by atoms with van der Waals surface area (Å²) in [6, 6.07) is 7.78. The Labute approximate surface area is 156 Å². The maximum atomic E-state index is 11.8. The Morgan fingerprint density at radius 2 is 2.04 bits per heavy atom. The van der Waals surface area contributed by atoms with Crippen molar-refractivity contribution in [2.45, 2.75) is 19.0 Å². The lowest BCUT2D eigenvalue weighted by molar-refractivity contribution is -0.857. The van der Waals surface area contributed by atoms with Crippen LogP contribution in [0.1, 0.15) is 12.0 Å². The molecule has 0 radical (unpaired) electrons. The molecule has 1 aliphatic heterocycles. The number of nitrogens with one attached hydrogen (secondary N) is 2. The minimum atomic E-state index is -2.94. The Morgan fingerprint density at radius 1 is 1.36 bits per heavy atom. The molecule has 1 aromatic carbocycles. The van der Waals surface area contributed by atoms with E-state index in [9.17, 15) is 8.42 Å². The zero-order chi connectivity index (χ0) is 18.4. The van der Waals surface area contributed by atoms with Crippen molar-refractivity contribution in [2.75, 3.05) is 45.8 Å². The molecule has 1 heterocycles. The average Bonchev–Trinajstić information content (AvgIpc) is 2.93. The molecule has 8 heteroatoms. The van der Waals surface area contributed by atoms with Gasteiger partial charge in [0.05, 0.1) is 45.8 Å². The fourth-order valence-electron chi connectivity index (χ4n) is 2.84. The van der Waals surface area contributed by atoms with E-state index in [1.165, 1.54) is 4.90 Å². The predicted molar refractivity (Wildman–Crippen MR) is 104 cm³/mol. The molecule has 25 heavy (non-hydrogen) atoms. The summed E-state index contributed by atoms with van der Waals surface area (Å²) in [4.78, 5) is 3.36. The molecule has 1 aliphatic rings. The van der Waals surface area contributed by atoms with Gasteiger partial charge in [-0.1, -0.05) is 12.1 Å². The second-order valence-corrected chi connectivity index (χ2v) is 9.33. The Morgan fingerprint density at radius 3 is 2.56 bits per heavy atom. The summed E-state index contributed by atoms with van der Waals surface area (Å²) in [5, 5.41) is 3.90. The quantitative estimate of drug-likeness (QED) is 0.628. The van der Waals surface area contributed by atoms with Gasteiger partial charge in [-0.15, -0.1) is 0 Å². The monoisotopic (exact) mass is 386 g/mol. The van der Waals surface area contributed by atoms with Crippen molar-refractivity contribution < 1.29 is 18.1 Å². The van der Waals surface area contributed by atoms with Crippen LogP contribution in [0.15, 0.2) is 24.3 Å². The number of ether oxygens (including phenoxy) is 1. The van der Waals surface area contributed by atoms with Crippen molar-refractivity contribution >= 4 is 27.2 Å². The Bertz CT molecular complexity index is 675. The van der Waals surface area contributed by atoms with Crippen LogP contribution in [0.2, 0.25) is 0 Å². The number of hydrogen-bond donors (Lipinski definition) is 2. The number of quaternary nitrogens is 1. The van der Waals surface area contributed by atoms with Crippen molar-refractivity contribution in [1.29, 1.82) is 0 Å². The molecular formula is C17H28N3O3S2+. The van der Waals surface area contributed by atoms with Crippen molar-refractivity contribution in [3.8, 4) is 5.75 Å². The summed E-state index contributed by atoms with van der Waals surface area (Å²) in [5.41, 5.74) is 1.10. The third kappa shape index (κ3) is 6.13. The molecule has 0 saturated carbocycles. The second kappa shape index (κ2) is 8.82. The van der Waals surface area contributed by atoms with Crippen LogP contribution in [0.3, 0.4) is 0 Å². The summed E-state index contributed by atoms with van der Waals surface area (Å²) < 4.78 is 28.8. The first-order valence-electron chi connectivity index (χ1n) is 8.47. The van der Waals surface area contributed by atoms with Gasteiger partial charge in [-0.3, -0.25) is 0 Å². The first-order chi connectivity index (χ1) is 11.8. The molecule has 0 aromatic heterocycles. The van der Waals surface area contributed by atoms with Gasteiger partial charge in [-0.2, -0.15) is 0 Å². The van der Waals surface area contributed by atoms with E-state index in [1.54, 1.807) is 7.11 Å². The average molecular weight is 387 g/mol. The number of hydrogen-bond acceptors (Lipinski definition) is 4. The first kappa shape index (κ1) is 19.9. The van der Waals surface area contributed by atoms with E-state index in [4.69, 9.17) is 17.0 Å². The van der Waals surface area contributed by atoms with Crippen LogP contribution in [-0.4, -0.2) is 70.3 Å². The number of sulfone groups is 1. The summed E-state index contributed by atoms with van der Waals surface area (Å²) in [6.45, 7) is 2.26. The molecule has 2 N–H and O–H groups in total. The second-order valence-electron chi connectivity index (χ2n) is 6.71. The Hall–Kier alpha value is -1.38. The molecule has 0 spiro atoms. The van der Waals surface area contributed by atoms with E-state index in [2.05, 4.69) is 24.3 Å². The standard InChI is InChI=1S/C17H27N3O3S2/c1-19(2)9-10-20(15-8-11-25(21,22)13-15)17(24)18-12-14-4-6-16(23-3)7-5-14/h4-7,15H,8-13H2,1-3H3,(H,18,24)/p+1/t15-/m1/s1. The molecule has 0 bridgehead atoms. The molecule has 0 amide bonds. The van der Waals surface area contributed by atoms with Crippen LogP contribution in [0.4, 0.5) is 0 Å². The van der Waals surface area contributed by atoms with Crippen molar-refractivity contribution in [1.82, 2.24) is 10.2 Å². The van der Waals surface area contributed by atoms with Gasteiger partial charge in [0.2, 0.25) is 0 Å². The predicted octanol–water partition coefficient (Wildman–Crippen LogP) is -0.297. The van der Waals surface area contributed by atoms with Crippen molar-refractivity contribution in [3.05, 3.63) is 29.8 Å². The molecule has 140 valence electrons. The van der Waals surface area contributed by atoms with Crippen LogP contribution in [0.25, 0.3) is 0 Å². The first-order valence-corrected chi connectivity index (χ1v) is 10.7. The number of likely N-dealkylation sites (N-methyl/N-ethyl adjacent to an activating group) is 1. The summed E-state index contributed by atoms with van der Waals surface area (Å²) in [6.07, 6.45) is 0.648. The van der Waals surface area contributed by atoms with E-state index in [1.807, 2.05) is 24.3 Å². The molecule has 1 aromatic rings. The van der Waals surface area contributed by atoms with E-state index < -0.39 is 9.84 Å². The smallest absolute Gasteiger partial charge is 0.169 e. The van der Waals surface area contributed by atoms with Gasteiger partial charge in [-0.05, 0) is 36.3 Å². The highest BCUT2D eigenvalue weighted by molar-refractivity contribution is 7.91. The molecule has 0 unspecified atom stereocenters. The summed E-state index contributed by atoms with van der Waals surface area (Å²) in [7, 11) is 2.87. The zero-order valence-corrected chi connectivity index (χ0v) is 16.8. The number of rotatable bonds is 7. The van der Waals surface area contributed by atoms with Gasteiger partial charge in [0, 0.05) is 12.6 Å². The maximum absolute atomic E-state index is 11.8. The zero-order valence-electron chi connectivity index (χ0n) is 15.1. The van der Waals surface area contributed by atoms with Gasteiger partial charge in [0.25, 0.3) is 0 Å². The van der Waals surface area contributed by atoms with Crippen molar-refractivity contribution in [3.63, 3.8) is 0 Å². The number of thiocarbonyl (C=S) groups is 1. The molecular weight excluding hydrogens is 358 g/mol. The lowest BCUT2D eigenvalue weighted by Gasteiger charge is -2.31. The Balaban J connectivity index is 1.98. The Kier molecular flexibility index (Phi) is 7.04.